The summed E-state index contributed by atoms with van der Waals surface area (Å²) < 4.78 is 5.08. The summed E-state index contributed by atoms with van der Waals surface area (Å²) in [4.78, 5) is 22.5. The zero-order chi connectivity index (χ0) is 17.0. The van der Waals surface area contributed by atoms with Gasteiger partial charge < -0.3 is 10.1 Å². The second-order valence-corrected chi connectivity index (χ2v) is 6.07. The highest BCUT2D eigenvalue weighted by atomic mass is 16.6. The molecule has 6 heteroatoms. The maximum absolute atomic E-state index is 11.8. The summed E-state index contributed by atoms with van der Waals surface area (Å²) in [5, 5.41) is 13.9. The number of nitro benzene ring substituents is 1. The molecule has 0 saturated heterocycles. The van der Waals surface area contributed by atoms with E-state index in [-0.39, 0.29) is 11.4 Å². The molecule has 2 aromatic carbocycles. The van der Waals surface area contributed by atoms with Crippen LogP contribution in [0.3, 0.4) is 0 Å². The van der Waals surface area contributed by atoms with Gasteiger partial charge in [-0.2, -0.15) is 0 Å². The average molecular weight is 314 g/mol. The van der Waals surface area contributed by atoms with Gasteiger partial charge in [-0.15, -0.1) is 0 Å². The van der Waals surface area contributed by atoms with Crippen LogP contribution in [0.5, 0.6) is 5.75 Å². The molecular formula is C17H18N2O4. The van der Waals surface area contributed by atoms with E-state index < -0.39 is 16.6 Å². The Bertz CT molecular complexity index is 721. The van der Waals surface area contributed by atoms with E-state index in [9.17, 15) is 14.9 Å². The molecule has 0 fully saturated rings. The summed E-state index contributed by atoms with van der Waals surface area (Å²) in [6.07, 6.45) is -0.729. The normalized spacial score (nSPS) is 10.9. The zero-order valence-electron chi connectivity index (χ0n) is 13.2. The van der Waals surface area contributed by atoms with Crippen LogP contribution in [-0.2, 0) is 0 Å². The first kappa shape index (κ1) is 16.5. The number of carbonyl (C=O) groups is 1. The van der Waals surface area contributed by atoms with Gasteiger partial charge in [-0.1, -0.05) is 36.4 Å². The summed E-state index contributed by atoms with van der Waals surface area (Å²) >= 11 is 0. The van der Waals surface area contributed by atoms with Gasteiger partial charge in [0.15, 0.2) is 0 Å². The maximum atomic E-state index is 11.8. The lowest BCUT2D eigenvalue weighted by Crippen LogP contribution is -2.42. The van der Waals surface area contributed by atoms with Crippen LogP contribution in [0.15, 0.2) is 48.5 Å². The highest BCUT2D eigenvalue weighted by Gasteiger charge is 2.21. The van der Waals surface area contributed by atoms with E-state index in [4.69, 9.17) is 4.74 Å². The van der Waals surface area contributed by atoms with Crippen molar-refractivity contribution < 1.29 is 14.5 Å². The van der Waals surface area contributed by atoms with Gasteiger partial charge >= 0.3 is 11.8 Å². The fourth-order valence-electron chi connectivity index (χ4n) is 1.99. The van der Waals surface area contributed by atoms with Gasteiger partial charge in [-0.05, 0) is 38.0 Å². The van der Waals surface area contributed by atoms with Crippen LogP contribution in [-0.4, -0.2) is 16.6 Å². The first-order valence-corrected chi connectivity index (χ1v) is 7.10. The van der Waals surface area contributed by atoms with Crippen molar-refractivity contribution in [2.24, 2.45) is 0 Å². The number of hydrogen-bond acceptors (Lipinski definition) is 4. The van der Waals surface area contributed by atoms with E-state index in [1.807, 2.05) is 30.3 Å². The van der Waals surface area contributed by atoms with E-state index in [1.54, 1.807) is 26.8 Å². The Balaban J connectivity index is 2.31. The minimum absolute atomic E-state index is 0.0866. The fraction of sp³-hybridized carbons (Fsp3) is 0.235. The van der Waals surface area contributed by atoms with Gasteiger partial charge in [0, 0.05) is 11.6 Å². The largest absolute Gasteiger partial charge is 0.413 e. The van der Waals surface area contributed by atoms with Crippen molar-refractivity contribution >= 4 is 11.8 Å². The lowest BCUT2D eigenvalue weighted by molar-refractivity contribution is -0.385. The Morgan fingerprint density at radius 2 is 1.74 bits per heavy atom. The van der Waals surface area contributed by atoms with Gasteiger partial charge in [0.05, 0.1) is 4.92 Å². The van der Waals surface area contributed by atoms with Gasteiger partial charge in [0.2, 0.25) is 5.75 Å². The van der Waals surface area contributed by atoms with Crippen molar-refractivity contribution in [3.05, 3.63) is 58.6 Å². The van der Waals surface area contributed by atoms with Crippen molar-refractivity contribution in [3.63, 3.8) is 0 Å². The van der Waals surface area contributed by atoms with Gasteiger partial charge in [0.1, 0.15) is 0 Å². The van der Waals surface area contributed by atoms with E-state index in [2.05, 4.69) is 5.32 Å². The van der Waals surface area contributed by atoms with E-state index >= 15 is 0 Å². The Labute approximate surface area is 134 Å². The topological polar surface area (TPSA) is 81.5 Å². The Morgan fingerprint density at radius 3 is 2.30 bits per heavy atom. The number of ether oxygens (including phenoxy) is 1. The molecule has 23 heavy (non-hydrogen) atoms. The number of nitrogens with zero attached hydrogens (tertiary/aromatic N) is 1. The predicted molar refractivity (Wildman–Crippen MR) is 87.4 cm³/mol. The average Bonchev–Trinajstić information content (AvgIpc) is 2.46. The number of carbonyl (C=O) groups excluding carboxylic acids is 1. The summed E-state index contributed by atoms with van der Waals surface area (Å²) in [5.41, 5.74) is 0.785. The molecule has 2 aromatic rings. The summed E-state index contributed by atoms with van der Waals surface area (Å²) in [6.45, 7) is 5.38. The Morgan fingerprint density at radius 1 is 1.09 bits per heavy atom. The molecule has 0 saturated carbocycles. The SMILES string of the molecule is CC(C)(C)NC(=O)Oc1ccc(-c2ccccc2)cc1[N+](=O)[O-]. The van der Waals surface area contributed by atoms with Crippen molar-refractivity contribution in [1.82, 2.24) is 5.32 Å². The fourth-order valence-corrected chi connectivity index (χ4v) is 1.99. The summed E-state index contributed by atoms with van der Waals surface area (Å²) in [5.74, 6) is -0.0866. The molecule has 0 aliphatic rings. The van der Waals surface area contributed by atoms with E-state index in [0.717, 1.165) is 5.56 Å². The van der Waals surface area contributed by atoms with Crippen LogP contribution in [0.2, 0.25) is 0 Å². The lowest BCUT2D eigenvalue weighted by atomic mass is 10.0. The lowest BCUT2D eigenvalue weighted by Gasteiger charge is -2.19. The molecule has 0 unspecified atom stereocenters. The second kappa shape index (κ2) is 6.48. The minimum Gasteiger partial charge on any atom is -0.403 e. The van der Waals surface area contributed by atoms with Gasteiger partial charge in [-0.25, -0.2) is 4.79 Å². The van der Waals surface area contributed by atoms with Crippen LogP contribution < -0.4 is 10.1 Å². The van der Waals surface area contributed by atoms with Crippen molar-refractivity contribution in [2.75, 3.05) is 0 Å². The third-order valence-electron chi connectivity index (χ3n) is 2.94. The van der Waals surface area contributed by atoms with Gasteiger partial charge in [0.25, 0.3) is 0 Å². The van der Waals surface area contributed by atoms with Crippen LogP contribution in [0.1, 0.15) is 20.8 Å². The van der Waals surface area contributed by atoms with Crippen LogP contribution in [0.25, 0.3) is 11.1 Å². The molecule has 0 aromatic heterocycles. The predicted octanol–water partition coefficient (Wildman–Crippen LogP) is 4.15. The number of nitro groups is 1. The number of hydrogen-bond donors (Lipinski definition) is 1. The molecule has 1 amide bonds. The number of amides is 1. The smallest absolute Gasteiger partial charge is 0.403 e. The molecular weight excluding hydrogens is 296 g/mol. The highest BCUT2D eigenvalue weighted by molar-refractivity contribution is 5.75. The number of nitrogens with one attached hydrogen (secondary N) is 1. The third kappa shape index (κ3) is 4.54. The monoisotopic (exact) mass is 314 g/mol. The summed E-state index contributed by atoms with van der Waals surface area (Å²) in [7, 11) is 0. The van der Waals surface area contributed by atoms with E-state index in [1.165, 1.54) is 12.1 Å². The minimum atomic E-state index is -0.729. The van der Waals surface area contributed by atoms with Crippen molar-refractivity contribution in [3.8, 4) is 16.9 Å². The molecule has 0 aliphatic carbocycles. The molecule has 0 heterocycles. The molecule has 120 valence electrons. The quantitative estimate of drug-likeness (QED) is 0.681. The first-order valence-electron chi connectivity index (χ1n) is 7.10. The van der Waals surface area contributed by atoms with E-state index in [0.29, 0.717) is 5.56 Å². The highest BCUT2D eigenvalue weighted by Crippen LogP contribution is 2.32. The second-order valence-electron chi connectivity index (χ2n) is 6.07. The molecule has 0 atom stereocenters. The maximum Gasteiger partial charge on any atom is 0.413 e. The van der Waals surface area contributed by atoms with Crippen LogP contribution in [0, 0.1) is 10.1 Å². The molecule has 2 rings (SSSR count). The van der Waals surface area contributed by atoms with Gasteiger partial charge in [-0.3, -0.25) is 10.1 Å². The summed E-state index contributed by atoms with van der Waals surface area (Å²) in [6, 6.07) is 13.8. The first-order chi connectivity index (χ1) is 10.8. The molecule has 0 aliphatic heterocycles. The molecule has 0 spiro atoms. The Hall–Kier alpha value is -2.89. The standard InChI is InChI=1S/C17H18N2O4/c1-17(2,3)18-16(20)23-15-10-9-13(11-14(15)19(21)22)12-7-5-4-6-8-12/h4-11H,1-3H3,(H,18,20). The zero-order valence-corrected chi connectivity index (χ0v) is 13.2. The Kier molecular flexibility index (Phi) is 4.64. The number of benzene rings is 2. The van der Waals surface area contributed by atoms with Crippen LogP contribution in [0.4, 0.5) is 10.5 Å². The third-order valence-corrected chi connectivity index (χ3v) is 2.94. The molecule has 0 bridgehead atoms. The molecule has 1 N–H and O–H groups in total. The number of rotatable bonds is 3. The van der Waals surface area contributed by atoms with Crippen molar-refractivity contribution in [2.45, 2.75) is 26.3 Å². The molecule has 0 radical (unpaired) electrons. The van der Waals surface area contributed by atoms with Crippen LogP contribution >= 0.6 is 0 Å². The van der Waals surface area contributed by atoms with Crippen molar-refractivity contribution in [1.29, 1.82) is 0 Å². The molecule has 6 nitrogen and oxygen atoms in total.